The van der Waals surface area contributed by atoms with Crippen molar-refractivity contribution in [3.8, 4) is 0 Å². The second kappa shape index (κ2) is 6.80. The lowest BCUT2D eigenvalue weighted by atomic mass is 10.1. The van der Waals surface area contributed by atoms with Crippen molar-refractivity contribution in [2.75, 3.05) is 19.6 Å². The van der Waals surface area contributed by atoms with Crippen LogP contribution in [0.5, 0.6) is 0 Å². The van der Waals surface area contributed by atoms with E-state index in [4.69, 9.17) is 4.74 Å². The van der Waals surface area contributed by atoms with Crippen LogP contribution in [-0.4, -0.2) is 37.7 Å². The van der Waals surface area contributed by atoms with Crippen LogP contribution in [0, 0.1) is 0 Å². The van der Waals surface area contributed by atoms with E-state index in [0.29, 0.717) is 6.54 Å². The highest BCUT2D eigenvalue weighted by molar-refractivity contribution is 5.80. The number of ether oxygens (including phenoxy) is 1. The van der Waals surface area contributed by atoms with E-state index in [1.807, 2.05) is 6.92 Å². The van der Waals surface area contributed by atoms with Crippen molar-refractivity contribution in [3.63, 3.8) is 0 Å². The van der Waals surface area contributed by atoms with Gasteiger partial charge in [-0.3, -0.25) is 4.79 Å². The summed E-state index contributed by atoms with van der Waals surface area (Å²) in [5.41, 5.74) is 0. The molecule has 1 aliphatic rings. The fraction of sp³-hybridized carbons (Fsp3) is 0.909. The third-order valence-electron chi connectivity index (χ3n) is 2.71. The first-order valence-electron chi connectivity index (χ1n) is 5.91. The van der Waals surface area contributed by atoms with Crippen molar-refractivity contribution in [2.45, 2.75) is 45.3 Å². The van der Waals surface area contributed by atoms with Crippen molar-refractivity contribution >= 4 is 5.91 Å². The molecule has 2 unspecified atom stereocenters. The fourth-order valence-electron chi connectivity index (χ4n) is 1.76. The van der Waals surface area contributed by atoms with Crippen LogP contribution in [0.25, 0.3) is 0 Å². The molecule has 1 amide bonds. The van der Waals surface area contributed by atoms with Crippen molar-refractivity contribution in [3.05, 3.63) is 0 Å². The summed E-state index contributed by atoms with van der Waals surface area (Å²) in [7, 11) is 0. The van der Waals surface area contributed by atoms with Gasteiger partial charge in [-0.05, 0) is 25.8 Å². The molecule has 0 aromatic heterocycles. The highest BCUT2D eigenvalue weighted by atomic mass is 16.5. The molecular formula is C11H22N2O2. The molecule has 4 heteroatoms. The third-order valence-corrected chi connectivity index (χ3v) is 2.71. The van der Waals surface area contributed by atoms with Crippen molar-refractivity contribution in [1.82, 2.24) is 10.6 Å². The molecule has 1 heterocycles. The standard InChI is InChI=1S/C11H22N2O2/c1-3-9-5-6-10(15-9)11(14)13-8-7-12-4-2/h9-10,12H,3-8H2,1-2H3,(H,13,14). The summed E-state index contributed by atoms with van der Waals surface area (Å²) >= 11 is 0. The number of hydrogen-bond donors (Lipinski definition) is 2. The summed E-state index contributed by atoms with van der Waals surface area (Å²) in [6, 6.07) is 0. The maximum atomic E-state index is 11.6. The Morgan fingerprint density at radius 2 is 2.13 bits per heavy atom. The van der Waals surface area contributed by atoms with Gasteiger partial charge >= 0.3 is 0 Å². The summed E-state index contributed by atoms with van der Waals surface area (Å²) in [4.78, 5) is 11.6. The number of rotatable bonds is 6. The lowest BCUT2D eigenvalue weighted by Gasteiger charge is -2.12. The minimum absolute atomic E-state index is 0.0452. The molecule has 0 bridgehead atoms. The number of carbonyl (C=O) groups excluding carboxylic acids is 1. The smallest absolute Gasteiger partial charge is 0.249 e. The Balaban J connectivity index is 2.12. The zero-order valence-corrected chi connectivity index (χ0v) is 9.71. The Morgan fingerprint density at radius 1 is 1.33 bits per heavy atom. The topological polar surface area (TPSA) is 50.4 Å². The van der Waals surface area contributed by atoms with Crippen LogP contribution in [0.1, 0.15) is 33.1 Å². The molecule has 1 saturated heterocycles. The fourth-order valence-corrected chi connectivity index (χ4v) is 1.76. The van der Waals surface area contributed by atoms with Gasteiger partial charge in [0.2, 0.25) is 5.91 Å². The van der Waals surface area contributed by atoms with E-state index < -0.39 is 0 Å². The second-order valence-electron chi connectivity index (χ2n) is 3.88. The maximum Gasteiger partial charge on any atom is 0.249 e. The van der Waals surface area contributed by atoms with Crippen LogP contribution >= 0.6 is 0 Å². The molecule has 1 fully saturated rings. The molecule has 1 rings (SSSR count). The number of hydrogen-bond acceptors (Lipinski definition) is 3. The maximum absolute atomic E-state index is 11.6. The molecule has 15 heavy (non-hydrogen) atoms. The molecule has 0 spiro atoms. The lowest BCUT2D eigenvalue weighted by molar-refractivity contribution is -0.132. The molecule has 4 nitrogen and oxygen atoms in total. The van der Waals surface area contributed by atoms with Gasteiger partial charge in [-0.25, -0.2) is 0 Å². The number of carbonyl (C=O) groups is 1. The van der Waals surface area contributed by atoms with Gasteiger partial charge in [0.15, 0.2) is 0 Å². The van der Waals surface area contributed by atoms with E-state index in [9.17, 15) is 4.79 Å². The summed E-state index contributed by atoms with van der Waals surface area (Å²) in [6.07, 6.45) is 2.96. The van der Waals surface area contributed by atoms with Gasteiger partial charge in [0.25, 0.3) is 0 Å². The molecule has 2 atom stereocenters. The van der Waals surface area contributed by atoms with Gasteiger partial charge in [-0.2, -0.15) is 0 Å². The van der Waals surface area contributed by atoms with Crippen LogP contribution in [0.3, 0.4) is 0 Å². The molecular weight excluding hydrogens is 192 g/mol. The molecule has 0 radical (unpaired) electrons. The summed E-state index contributed by atoms with van der Waals surface area (Å²) in [6.45, 7) is 6.59. The Morgan fingerprint density at radius 3 is 2.73 bits per heavy atom. The van der Waals surface area contributed by atoms with Gasteiger partial charge in [-0.1, -0.05) is 13.8 Å². The minimum Gasteiger partial charge on any atom is -0.365 e. The van der Waals surface area contributed by atoms with Gasteiger partial charge in [0, 0.05) is 13.1 Å². The average molecular weight is 214 g/mol. The monoisotopic (exact) mass is 214 g/mol. The zero-order chi connectivity index (χ0) is 11.1. The van der Waals surface area contributed by atoms with E-state index in [1.165, 1.54) is 0 Å². The van der Waals surface area contributed by atoms with E-state index in [-0.39, 0.29) is 18.1 Å². The van der Waals surface area contributed by atoms with E-state index >= 15 is 0 Å². The first-order chi connectivity index (χ1) is 7.27. The molecule has 2 N–H and O–H groups in total. The molecule has 88 valence electrons. The van der Waals surface area contributed by atoms with Gasteiger partial charge < -0.3 is 15.4 Å². The number of nitrogens with one attached hydrogen (secondary N) is 2. The first-order valence-corrected chi connectivity index (χ1v) is 5.91. The van der Waals surface area contributed by atoms with Gasteiger partial charge in [0.05, 0.1) is 6.10 Å². The Labute approximate surface area is 91.8 Å². The summed E-state index contributed by atoms with van der Waals surface area (Å²) < 4.78 is 5.60. The highest BCUT2D eigenvalue weighted by Gasteiger charge is 2.29. The average Bonchev–Trinajstić information content (AvgIpc) is 2.72. The van der Waals surface area contributed by atoms with Crippen molar-refractivity contribution in [2.24, 2.45) is 0 Å². The van der Waals surface area contributed by atoms with E-state index in [0.717, 1.165) is 32.4 Å². The van der Waals surface area contributed by atoms with E-state index in [1.54, 1.807) is 0 Å². The van der Waals surface area contributed by atoms with Crippen molar-refractivity contribution in [1.29, 1.82) is 0 Å². The van der Waals surface area contributed by atoms with Crippen LogP contribution < -0.4 is 10.6 Å². The van der Waals surface area contributed by atoms with Gasteiger partial charge in [-0.15, -0.1) is 0 Å². The van der Waals surface area contributed by atoms with Crippen LogP contribution in [0.4, 0.5) is 0 Å². The largest absolute Gasteiger partial charge is 0.365 e. The lowest BCUT2D eigenvalue weighted by Crippen LogP contribution is -2.38. The highest BCUT2D eigenvalue weighted by Crippen LogP contribution is 2.21. The molecule has 0 aromatic rings. The summed E-state index contributed by atoms with van der Waals surface area (Å²) in [5, 5.41) is 6.04. The summed E-state index contributed by atoms with van der Waals surface area (Å²) in [5.74, 6) is 0.0452. The quantitative estimate of drug-likeness (QED) is 0.639. The Hall–Kier alpha value is -0.610. The molecule has 1 aliphatic heterocycles. The molecule has 0 aliphatic carbocycles. The normalized spacial score (nSPS) is 25.5. The van der Waals surface area contributed by atoms with Crippen molar-refractivity contribution < 1.29 is 9.53 Å². The second-order valence-corrected chi connectivity index (χ2v) is 3.88. The first kappa shape index (κ1) is 12.5. The third kappa shape index (κ3) is 4.18. The van der Waals surface area contributed by atoms with Crippen LogP contribution in [0.2, 0.25) is 0 Å². The Kier molecular flexibility index (Phi) is 5.65. The SMILES string of the molecule is CCNCCNC(=O)C1CCC(CC)O1. The van der Waals surface area contributed by atoms with Gasteiger partial charge in [0.1, 0.15) is 6.10 Å². The predicted octanol–water partition coefficient (Wildman–Crippen LogP) is 0.670. The Bertz CT molecular complexity index is 197. The zero-order valence-electron chi connectivity index (χ0n) is 9.71. The predicted molar refractivity (Wildman–Crippen MR) is 59.7 cm³/mol. The molecule has 0 aromatic carbocycles. The minimum atomic E-state index is -0.212. The number of amides is 1. The van der Waals surface area contributed by atoms with E-state index in [2.05, 4.69) is 17.6 Å². The van der Waals surface area contributed by atoms with Crippen LogP contribution in [0.15, 0.2) is 0 Å². The van der Waals surface area contributed by atoms with Crippen LogP contribution in [-0.2, 0) is 9.53 Å². The number of likely N-dealkylation sites (N-methyl/N-ethyl adjacent to an activating group) is 1. The molecule has 0 saturated carbocycles.